The Labute approximate surface area is 129 Å². The van der Waals surface area contributed by atoms with Crippen molar-refractivity contribution in [3.8, 4) is 0 Å². The van der Waals surface area contributed by atoms with Crippen molar-refractivity contribution < 1.29 is 14.0 Å². The predicted octanol–water partition coefficient (Wildman–Crippen LogP) is 2.06. The second-order valence-electron chi connectivity index (χ2n) is 4.30. The molecule has 0 saturated carbocycles. The standard InChI is InChI=1S/C14H12N4O3S/c15-13(12-3-1-8-22-12)17-21-14(19)11-5-4-10(20-11)9-18-7-2-6-16-18/h1-8H,9H2,(H2,15,17). The van der Waals surface area contributed by atoms with Crippen LogP contribution in [0, 0.1) is 0 Å². The monoisotopic (exact) mass is 316 g/mol. The first-order valence-corrected chi connectivity index (χ1v) is 7.25. The average molecular weight is 316 g/mol. The third-order valence-corrected chi connectivity index (χ3v) is 3.63. The topological polar surface area (TPSA) is 95.6 Å². The smallest absolute Gasteiger partial charge is 0.400 e. The quantitative estimate of drug-likeness (QED) is 0.336. The van der Waals surface area contributed by atoms with Crippen molar-refractivity contribution in [2.24, 2.45) is 10.9 Å². The molecule has 0 radical (unpaired) electrons. The SMILES string of the molecule is N/C(=N\OC(=O)c1ccc(Cn2cccn2)o1)c1cccs1. The molecule has 7 nitrogen and oxygen atoms in total. The van der Waals surface area contributed by atoms with E-state index in [1.54, 1.807) is 35.3 Å². The molecule has 0 aliphatic carbocycles. The zero-order chi connectivity index (χ0) is 15.4. The Bertz CT molecular complexity index is 775. The van der Waals surface area contributed by atoms with Gasteiger partial charge in [0.2, 0.25) is 5.76 Å². The van der Waals surface area contributed by atoms with Crippen molar-refractivity contribution in [2.45, 2.75) is 6.54 Å². The molecule has 0 atom stereocenters. The van der Waals surface area contributed by atoms with Crippen LogP contribution in [-0.4, -0.2) is 21.6 Å². The lowest BCUT2D eigenvalue weighted by atomic mass is 10.4. The maximum atomic E-state index is 11.8. The molecule has 0 spiro atoms. The number of carbonyl (C=O) groups excluding carboxylic acids is 1. The van der Waals surface area contributed by atoms with Crippen molar-refractivity contribution in [3.05, 3.63) is 64.5 Å². The maximum absolute atomic E-state index is 11.8. The first-order chi connectivity index (χ1) is 10.7. The third kappa shape index (κ3) is 3.23. The Balaban J connectivity index is 1.63. The fourth-order valence-corrected chi connectivity index (χ4v) is 2.35. The molecular weight excluding hydrogens is 304 g/mol. The van der Waals surface area contributed by atoms with Gasteiger partial charge in [-0.25, -0.2) is 4.79 Å². The van der Waals surface area contributed by atoms with Crippen LogP contribution >= 0.6 is 11.3 Å². The lowest BCUT2D eigenvalue weighted by Gasteiger charge is -1.98. The summed E-state index contributed by atoms with van der Waals surface area (Å²) in [5, 5.41) is 9.52. The zero-order valence-corrected chi connectivity index (χ0v) is 12.2. The number of furan rings is 1. The molecule has 0 amide bonds. The van der Waals surface area contributed by atoms with E-state index in [0.717, 1.165) is 4.88 Å². The Morgan fingerprint density at radius 2 is 2.32 bits per heavy atom. The van der Waals surface area contributed by atoms with E-state index in [1.807, 2.05) is 11.4 Å². The number of amidine groups is 1. The molecule has 0 aliphatic heterocycles. The van der Waals surface area contributed by atoms with Gasteiger partial charge in [0.05, 0.1) is 11.4 Å². The van der Waals surface area contributed by atoms with Gasteiger partial charge in [0, 0.05) is 12.4 Å². The van der Waals surface area contributed by atoms with Crippen molar-refractivity contribution in [2.75, 3.05) is 0 Å². The molecule has 112 valence electrons. The summed E-state index contributed by atoms with van der Waals surface area (Å²) < 4.78 is 7.08. The molecule has 8 heteroatoms. The van der Waals surface area contributed by atoms with Crippen molar-refractivity contribution >= 4 is 23.1 Å². The van der Waals surface area contributed by atoms with Gasteiger partial charge in [0.15, 0.2) is 5.84 Å². The van der Waals surface area contributed by atoms with Crippen LogP contribution in [0.3, 0.4) is 0 Å². The fraction of sp³-hybridized carbons (Fsp3) is 0.0714. The Morgan fingerprint density at radius 3 is 3.05 bits per heavy atom. The minimum absolute atomic E-state index is 0.0601. The summed E-state index contributed by atoms with van der Waals surface area (Å²) in [6.45, 7) is 0.431. The predicted molar refractivity (Wildman–Crippen MR) is 80.5 cm³/mol. The molecule has 3 aromatic heterocycles. The van der Waals surface area contributed by atoms with Gasteiger partial charge >= 0.3 is 5.97 Å². The highest BCUT2D eigenvalue weighted by Crippen LogP contribution is 2.12. The van der Waals surface area contributed by atoms with Gasteiger partial charge < -0.3 is 15.0 Å². The maximum Gasteiger partial charge on any atom is 0.400 e. The molecule has 22 heavy (non-hydrogen) atoms. The van der Waals surface area contributed by atoms with Crippen LogP contribution in [0.5, 0.6) is 0 Å². The number of hydrogen-bond acceptors (Lipinski definition) is 6. The summed E-state index contributed by atoms with van der Waals surface area (Å²) in [5.74, 6) is 0.0913. The lowest BCUT2D eigenvalue weighted by molar-refractivity contribution is 0.0477. The van der Waals surface area contributed by atoms with Gasteiger partial charge in [-0.3, -0.25) is 4.68 Å². The van der Waals surface area contributed by atoms with E-state index < -0.39 is 5.97 Å². The van der Waals surface area contributed by atoms with Crippen LogP contribution in [-0.2, 0) is 11.4 Å². The highest BCUT2D eigenvalue weighted by molar-refractivity contribution is 7.12. The first-order valence-electron chi connectivity index (χ1n) is 6.37. The number of carbonyl (C=O) groups is 1. The minimum atomic E-state index is -0.703. The van der Waals surface area contributed by atoms with Gasteiger partial charge in [-0.05, 0) is 29.6 Å². The van der Waals surface area contributed by atoms with Gasteiger partial charge in [-0.1, -0.05) is 11.2 Å². The largest absolute Gasteiger partial charge is 0.452 e. The number of nitrogens with two attached hydrogens (primary N) is 1. The summed E-state index contributed by atoms with van der Waals surface area (Å²) >= 11 is 1.40. The van der Waals surface area contributed by atoms with E-state index >= 15 is 0 Å². The van der Waals surface area contributed by atoms with Crippen LogP contribution in [0.15, 0.2) is 57.7 Å². The van der Waals surface area contributed by atoms with E-state index in [9.17, 15) is 4.79 Å². The molecule has 0 aromatic carbocycles. The summed E-state index contributed by atoms with van der Waals surface area (Å²) in [5.41, 5.74) is 5.70. The summed E-state index contributed by atoms with van der Waals surface area (Å²) in [4.78, 5) is 17.3. The number of nitrogens with zero attached hydrogens (tertiary/aromatic N) is 3. The van der Waals surface area contributed by atoms with Crippen molar-refractivity contribution in [3.63, 3.8) is 0 Å². The van der Waals surface area contributed by atoms with E-state index in [1.165, 1.54) is 17.4 Å². The second kappa shape index (κ2) is 6.27. The van der Waals surface area contributed by atoms with Gasteiger partial charge in [0.1, 0.15) is 5.76 Å². The Hall–Kier alpha value is -2.87. The van der Waals surface area contributed by atoms with Gasteiger partial charge in [-0.15, -0.1) is 11.3 Å². The molecule has 3 aromatic rings. The molecule has 3 heterocycles. The van der Waals surface area contributed by atoms with E-state index in [-0.39, 0.29) is 11.6 Å². The molecule has 0 saturated heterocycles. The fourth-order valence-electron chi connectivity index (χ4n) is 1.73. The van der Waals surface area contributed by atoms with Gasteiger partial charge in [-0.2, -0.15) is 5.10 Å². The molecule has 3 rings (SSSR count). The number of hydrogen-bond donors (Lipinski definition) is 1. The number of rotatable bonds is 5. The zero-order valence-electron chi connectivity index (χ0n) is 11.4. The van der Waals surface area contributed by atoms with E-state index in [2.05, 4.69) is 10.3 Å². The van der Waals surface area contributed by atoms with Crippen LogP contribution in [0.25, 0.3) is 0 Å². The Morgan fingerprint density at radius 1 is 1.41 bits per heavy atom. The highest BCUT2D eigenvalue weighted by Gasteiger charge is 2.14. The number of oxime groups is 1. The van der Waals surface area contributed by atoms with Gasteiger partial charge in [0.25, 0.3) is 0 Å². The third-order valence-electron chi connectivity index (χ3n) is 2.74. The molecule has 0 fully saturated rings. The Kier molecular flexibility index (Phi) is 4.01. The number of thiophene rings is 1. The normalized spacial score (nSPS) is 11.5. The minimum Gasteiger partial charge on any atom is -0.452 e. The summed E-state index contributed by atoms with van der Waals surface area (Å²) in [7, 11) is 0. The average Bonchev–Trinajstić information content (AvgIpc) is 3.26. The summed E-state index contributed by atoms with van der Waals surface area (Å²) in [6.07, 6.45) is 3.46. The number of aromatic nitrogens is 2. The van der Waals surface area contributed by atoms with Crippen LogP contribution in [0.1, 0.15) is 21.2 Å². The second-order valence-corrected chi connectivity index (χ2v) is 5.25. The van der Waals surface area contributed by atoms with E-state index in [0.29, 0.717) is 12.3 Å². The van der Waals surface area contributed by atoms with Crippen LogP contribution in [0.2, 0.25) is 0 Å². The lowest BCUT2D eigenvalue weighted by Crippen LogP contribution is -2.13. The molecule has 0 aliphatic rings. The molecule has 0 unspecified atom stereocenters. The molecular formula is C14H12N4O3S. The molecule has 2 N–H and O–H groups in total. The van der Waals surface area contributed by atoms with E-state index in [4.69, 9.17) is 15.0 Å². The van der Waals surface area contributed by atoms with Crippen LogP contribution < -0.4 is 5.73 Å². The first kappa shape index (κ1) is 14.1. The van der Waals surface area contributed by atoms with Crippen molar-refractivity contribution in [1.82, 2.24) is 9.78 Å². The van der Waals surface area contributed by atoms with Crippen molar-refractivity contribution in [1.29, 1.82) is 0 Å². The highest BCUT2D eigenvalue weighted by atomic mass is 32.1. The van der Waals surface area contributed by atoms with Crippen LogP contribution in [0.4, 0.5) is 0 Å². The molecule has 0 bridgehead atoms. The summed E-state index contributed by atoms with van der Waals surface area (Å²) in [6, 6.07) is 8.63.